The van der Waals surface area contributed by atoms with E-state index in [4.69, 9.17) is 0 Å². The summed E-state index contributed by atoms with van der Waals surface area (Å²) < 4.78 is 2.47. The molecule has 0 aliphatic heterocycles. The van der Waals surface area contributed by atoms with E-state index in [0.717, 1.165) is 6.42 Å². The van der Waals surface area contributed by atoms with Crippen molar-refractivity contribution < 1.29 is 4.57 Å². The maximum Gasteiger partial charge on any atom is 0.187 e. The number of hydrogen-bond acceptors (Lipinski definition) is 0. The van der Waals surface area contributed by atoms with E-state index in [2.05, 4.69) is 82.6 Å². The fraction of sp³-hybridized carbons (Fsp3) is 0.450. The van der Waals surface area contributed by atoms with Gasteiger partial charge in [0.15, 0.2) is 17.4 Å². The van der Waals surface area contributed by atoms with E-state index in [-0.39, 0.29) is 11.0 Å². The van der Waals surface area contributed by atoms with Crippen LogP contribution in [0.4, 0.5) is 0 Å². The fourth-order valence-corrected chi connectivity index (χ4v) is 3.26. The molecule has 1 nitrogen and oxygen atoms in total. The largest absolute Gasteiger partial charge is 0.197 e. The average Bonchev–Trinajstić information content (AvgIpc) is 2.73. The van der Waals surface area contributed by atoms with Crippen molar-refractivity contribution in [2.45, 2.75) is 58.9 Å². The minimum atomic E-state index is 0.104. The molecule has 0 spiro atoms. The Morgan fingerprint density at radius 3 is 2.14 bits per heavy atom. The van der Waals surface area contributed by atoms with Crippen LogP contribution in [0, 0.1) is 0 Å². The summed E-state index contributed by atoms with van der Waals surface area (Å²) >= 11 is 0. The molecule has 1 aliphatic rings. The normalized spacial score (nSPS) is 14.0. The third-order valence-corrected chi connectivity index (χ3v) is 4.35. The van der Waals surface area contributed by atoms with E-state index in [1.165, 1.54) is 27.9 Å². The molecule has 1 heteroatoms. The van der Waals surface area contributed by atoms with Gasteiger partial charge in [-0.15, -0.1) is 0 Å². The van der Waals surface area contributed by atoms with Crippen molar-refractivity contribution in [3.05, 3.63) is 53.3 Å². The Hall–Kier alpha value is -1.63. The van der Waals surface area contributed by atoms with Crippen LogP contribution in [0.15, 0.2) is 36.5 Å². The van der Waals surface area contributed by atoms with Crippen LogP contribution < -0.4 is 4.57 Å². The van der Waals surface area contributed by atoms with Crippen LogP contribution in [0.1, 0.15) is 58.4 Å². The van der Waals surface area contributed by atoms with Gasteiger partial charge in [0.05, 0.1) is 0 Å². The molecule has 0 atom stereocenters. The molecule has 1 heterocycles. The van der Waals surface area contributed by atoms with Crippen molar-refractivity contribution in [2.24, 2.45) is 0 Å². The van der Waals surface area contributed by atoms with Gasteiger partial charge >= 0.3 is 0 Å². The highest BCUT2D eigenvalue weighted by Crippen LogP contribution is 2.38. The molecule has 0 radical (unpaired) electrons. The third-order valence-electron chi connectivity index (χ3n) is 4.35. The van der Waals surface area contributed by atoms with E-state index < -0.39 is 0 Å². The molecule has 0 fully saturated rings. The Morgan fingerprint density at radius 2 is 1.52 bits per heavy atom. The summed E-state index contributed by atoms with van der Waals surface area (Å²) in [6.45, 7) is 13.8. The van der Waals surface area contributed by atoms with Crippen LogP contribution in [0.5, 0.6) is 0 Å². The molecule has 3 rings (SSSR count). The molecule has 0 saturated carbocycles. The van der Waals surface area contributed by atoms with E-state index in [0.29, 0.717) is 0 Å². The van der Waals surface area contributed by atoms with Crippen LogP contribution in [-0.4, -0.2) is 0 Å². The zero-order valence-corrected chi connectivity index (χ0v) is 14.1. The van der Waals surface area contributed by atoms with Gasteiger partial charge in [0.25, 0.3) is 0 Å². The first-order valence-corrected chi connectivity index (χ1v) is 7.86. The van der Waals surface area contributed by atoms with E-state index >= 15 is 0 Å². The van der Waals surface area contributed by atoms with Crippen molar-refractivity contribution in [1.29, 1.82) is 0 Å². The van der Waals surface area contributed by atoms with Crippen molar-refractivity contribution >= 4 is 0 Å². The first-order chi connectivity index (χ1) is 9.68. The topological polar surface area (TPSA) is 3.88 Å². The molecule has 21 heavy (non-hydrogen) atoms. The average molecular weight is 280 g/mol. The number of rotatable bonds is 0. The fourth-order valence-electron chi connectivity index (χ4n) is 3.26. The molecular formula is C20H26N+. The van der Waals surface area contributed by atoms with Crippen LogP contribution in [0.2, 0.25) is 0 Å². The molecule has 0 unspecified atom stereocenters. The number of fused-ring (bicyclic) bond motifs is 3. The van der Waals surface area contributed by atoms with Crippen LogP contribution >= 0.6 is 0 Å². The molecule has 0 bridgehead atoms. The van der Waals surface area contributed by atoms with E-state index in [1.54, 1.807) is 0 Å². The molecule has 110 valence electrons. The number of nitrogens with zero attached hydrogens (tertiary/aromatic N) is 1. The van der Waals surface area contributed by atoms with Crippen molar-refractivity contribution in [3.63, 3.8) is 0 Å². The van der Waals surface area contributed by atoms with E-state index in [9.17, 15) is 0 Å². The summed E-state index contributed by atoms with van der Waals surface area (Å²) in [5.41, 5.74) is 7.41. The van der Waals surface area contributed by atoms with Crippen LogP contribution in [0.25, 0.3) is 11.1 Å². The first-order valence-electron chi connectivity index (χ1n) is 7.86. The Bertz CT molecular complexity index is 697. The monoisotopic (exact) mass is 280 g/mol. The lowest BCUT2D eigenvalue weighted by Gasteiger charge is -2.24. The zero-order valence-electron chi connectivity index (χ0n) is 14.1. The molecule has 0 amide bonds. The Balaban J connectivity index is 2.27. The van der Waals surface area contributed by atoms with Crippen molar-refractivity contribution in [2.75, 3.05) is 0 Å². The van der Waals surface area contributed by atoms with Crippen molar-refractivity contribution in [3.8, 4) is 11.1 Å². The van der Waals surface area contributed by atoms with E-state index in [1.807, 2.05) is 0 Å². The molecule has 0 N–H and O–H groups in total. The minimum absolute atomic E-state index is 0.104. The second kappa shape index (κ2) is 4.43. The molecule has 1 aliphatic carbocycles. The lowest BCUT2D eigenvalue weighted by atomic mass is 9.87. The summed E-state index contributed by atoms with van der Waals surface area (Å²) in [5, 5.41) is 0. The SMILES string of the molecule is CC(C)(C)c1cc2c(c[n+]1C(C)(C)C)Cc1ccccc1-2. The molecule has 1 aromatic heterocycles. The summed E-state index contributed by atoms with van der Waals surface area (Å²) in [5.74, 6) is 0. The van der Waals surface area contributed by atoms with Gasteiger partial charge in [-0.3, -0.25) is 0 Å². The van der Waals surface area contributed by atoms with Gasteiger partial charge in [0.2, 0.25) is 0 Å². The standard InChI is InChI=1S/C20H26N/c1-19(2,3)18-12-17-15(13-21(18)20(4,5)6)11-14-9-7-8-10-16(14)17/h7-10,12-13H,11H2,1-6H3/q+1. The first kappa shape index (κ1) is 14.3. The number of benzene rings is 1. The molecular weight excluding hydrogens is 254 g/mol. The van der Waals surface area contributed by atoms with Crippen LogP contribution in [-0.2, 0) is 17.4 Å². The quantitative estimate of drug-likeness (QED) is 0.530. The number of pyridine rings is 1. The zero-order chi connectivity index (χ0) is 15.4. The number of aromatic nitrogens is 1. The number of hydrogen-bond donors (Lipinski definition) is 0. The van der Waals surface area contributed by atoms with Gasteiger partial charge in [-0.25, -0.2) is 0 Å². The maximum absolute atomic E-state index is 2.47. The Labute approximate surface area is 128 Å². The van der Waals surface area contributed by atoms with Gasteiger partial charge in [-0.2, -0.15) is 4.57 Å². The third kappa shape index (κ3) is 2.39. The predicted octanol–water partition coefficient (Wildman–Crippen LogP) is 4.60. The second-order valence-corrected chi connectivity index (χ2v) is 8.22. The van der Waals surface area contributed by atoms with Crippen molar-refractivity contribution in [1.82, 2.24) is 0 Å². The maximum atomic E-state index is 2.47. The summed E-state index contributed by atoms with van der Waals surface area (Å²) in [7, 11) is 0. The lowest BCUT2D eigenvalue weighted by molar-refractivity contribution is -0.763. The highest BCUT2D eigenvalue weighted by molar-refractivity contribution is 5.76. The van der Waals surface area contributed by atoms with Gasteiger partial charge in [-0.1, -0.05) is 45.0 Å². The predicted molar refractivity (Wildman–Crippen MR) is 88.6 cm³/mol. The lowest BCUT2D eigenvalue weighted by Crippen LogP contribution is -2.55. The van der Waals surface area contributed by atoms with Gasteiger partial charge in [0, 0.05) is 44.2 Å². The summed E-state index contributed by atoms with van der Waals surface area (Å²) in [4.78, 5) is 0. The Kier molecular flexibility index (Phi) is 3.02. The second-order valence-electron chi connectivity index (χ2n) is 8.22. The summed E-state index contributed by atoms with van der Waals surface area (Å²) in [6.07, 6.45) is 3.45. The molecule has 0 saturated heterocycles. The molecule has 1 aromatic carbocycles. The van der Waals surface area contributed by atoms with Gasteiger partial charge in [0.1, 0.15) is 0 Å². The highest BCUT2D eigenvalue weighted by Gasteiger charge is 2.35. The van der Waals surface area contributed by atoms with Gasteiger partial charge in [-0.05, 0) is 16.7 Å². The Morgan fingerprint density at radius 1 is 0.857 bits per heavy atom. The highest BCUT2D eigenvalue weighted by atomic mass is 15.0. The van der Waals surface area contributed by atoms with Crippen LogP contribution in [0.3, 0.4) is 0 Å². The molecule has 2 aromatic rings. The smallest absolute Gasteiger partial charge is 0.187 e. The minimum Gasteiger partial charge on any atom is -0.197 e. The summed E-state index contributed by atoms with van der Waals surface area (Å²) in [6, 6.07) is 11.2. The van der Waals surface area contributed by atoms with Gasteiger partial charge < -0.3 is 0 Å².